The summed E-state index contributed by atoms with van der Waals surface area (Å²) < 4.78 is 0. The number of rotatable bonds is 6. The Morgan fingerprint density at radius 1 is 0.760 bits per heavy atom. The van der Waals surface area contributed by atoms with Crippen LogP contribution in [0.3, 0.4) is 0 Å². The summed E-state index contributed by atoms with van der Waals surface area (Å²) in [5, 5.41) is 9.13. The second-order valence-electron chi connectivity index (χ2n) is 6.36. The Labute approximate surface area is 147 Å². The topological polar surface area (TPSA) is 41.5 Å². The molecule has 3 aromatic rings. The third-order valence-electron chi connectivity index (χ3n) is 5.14. The van der Waals surface area contributed by atoms with Crippen molar-refractivity contribution in [2.24, 2.45) is 0 Å². The van der Waals surface area contributed by atoms with E-state index in [2.05, 4.69) is 78.3 Å². The SMILES string of the molecule is OCONC1C(c2ccccc2)C1(c1ccccc1)c1ccccc1. The number of nitrogens with one attached hydrogen (secondary N) is 1. The average molecular weight is 331 g/mol. The zero-order valence-electron chi connectivity index (χ0n) is 13.9. The Kier molecular flexibility index (Phi) is 4.36. The molecule has 25 heavy (non-hydrogen) atoms. The molecule has 0 aliphatic heterocycles. The highest BCUT2D eigenvalue weighted by atomic mass is 16.7. The van der Waals surface area contributed by atoms with Crippen molar-refractivity contribution in [1.82, 2.24) is 5.48 Å². The van der Waals surface area contributed by atoms with Gasteiger partial charge in [0.1, 0.15) is 0 Å². The van der Waals surface area contributed by atoms with E-state index >= 15 is 0 Å². The molecule has 3 aromatic carbocycles. The van der Waals surface area contributed by atoms with Gasteiger partial charge in [-0.1, -0.05) is 91.0 Å². The summed E-state index contributed by atoms with van der Waals surface area (Å²) in [6.07, 6.45) is 0. The maximum atomic E-state index is 9.13. The minimum Gasteiger partial charge on any atom is -0.369 e. The van der Waals surface area contributed by atoms with Crippen LogP contribution in [0.25, 0.3) is 0 Å². The molecule has 0 bridgehead atoms. The predicted octanol–water partition coefficient (Wildman–Crippen LogP) is 3.61. The molecular formula is C22H21NO2. The van der Waals surface area contributed by atoms with Gasteiger partial charge in [-0.15, -0.1) is 0 Å². The molecule has 0 heterocycles. The summed E-state index contributed by atoms with van der Waals surface area (Å²) in [5.41, 5.74) is 6.62. The first-order valence-corrected chi connectivity index (χ1v) is 8.53. The number of hydroxylamine groups is 1. The van der Waals surface area contributed by atoms with Crippen LogP contribution in [0.15, 0.2) is 91.0 Å². The van der Waals surface area contributed by atoms with Crippen LogP contribution in [0.2, 0.25) is 0 Å². The van der Waals surface area contributed by atoms with E-state index in [9.17, 15) is 0 Å². The number of benzene rings is 3. The smallest absolute Gasteiger partial charge is 0.163 e. The maximum absolute atomic E-state index is 9.13. The van der Waals surface area contributed by atoms with Gasteiger partial charge in [0.25, 0.3) is 0 Å². The molecule has 0 saturated heterocycles. The van der Waals surface area contributed by atoms with E-state index in [0.29, 0.717) is 0 Å². The fourth-order valence-corrected chi connectivity index (χ4v) is 4.10. The lowest BCUT2D eigenvalue weighted by Gasteiger charge is -2.20. The largest absolute Gasteiger partial charge is 0.369 e. The lowest BCUT2D eigenvalue weighted by molar-refractivity contribution is -0.0661. The monoisotopic (exact) mass is 331 g/mol. The van der Waals surface area contributed by atoms with Crippen molar-refractivity contribution < 1.29 is 9.94 Å². The first kappa shape index (κ1) is 16.0. The zero-order valence-corrected chi connectivity index (χ0v) is 13.9. The molecule has 2 atom stereocenters. The van der Waals surface area contributed by atoms with Gasteiger partial charge >= 0.3 is 0 Å². The van der Waals surface area contributed by atoms with Crippen LogP contribution in [0.5, 0.6) is 0 Å². The number of hydrogen-bond acceptors (Lipinski definition) is 3. The molecule has 0 amide bonds. The van der Waals surface area contributed by atoms with Gasteiger partial charge < -0.3 is 5.11 Å². The lowest BCUT2D eigenvalue weighted by atomic mass is 9.84. The molecule has 1 fully saturated rings. The van der Waals surface area contributed by atoms with Gasteiger partial charge in [0, 0.05) is 11.3 Å². The molecule has 1 aliphatic carbocycles. The van der Waals surface area contributed by atoms with E-state index in [4.69, 9.17) is 9.94 Å². The molecule has 0 radical (unpaired) electrons. The van der Waals surface area contributed by atoms with Crippen LogP contribution in [-0.2, 0) is 10.3 Å². The molecular weight excluding hydrogens is 310 g/mol. The highest BCUT2D eigenvalue weighted by Gasteiger charge is 2.67. The van der Waals surface area contributed by atoms with E-state index < -0.39 is 0 Å². The van der Waals surface area contributed by atoms with Crippen LogP contribution < -0.4 is 5.48 Å². The second-order valence-corrected chi connectivity index (χ2v) is 6.36. The first-order valence-electron chi connectivity index (χ1n) is 8.53. The molecule has 2 N–H and O–H groups in total. The van der Waals surface area contributed by atoms with Gasteiger partial charge in [-0.3, -0.25) is 4.84 Å². The summed E-state index contributed by atoms with van der Waals surface area (Å²) in [6, 6.07) is 31.6. The van der Waals surface area contributed by atoms with Gasteiger partial charge in [-0.2, -0.15) is 5.48 Å². The van der Waals surface area contributed by atoms with Crippen molar-refractivity contribution in [2.75, 3.05) is 6.79 Å². The molecule has 2 unspecified atom stereocenters. The van der Waals surface area contributed by atoms with Crippen LogP contribution in [0, 0.1) is 0 Å². The molecule has 1 saturated carbocycles. The molecule has 126 valence electrons. The van der Waals surface area contributed by atoms with Gasteiger partial charge in [0.05, 0.1) is 6.04 Å². The molecule has 0 aromatic heterocycles. The van der Waals surface area contributed by atoms with Crippen molar-refractivity contribution in [3.8, 4) is 0 Å². The summed E-state index contributed by atoms with van der Waals surface area (Å²) in [5.74, 6) is 0.227. The fourth-order valence-electron chi connectivity index (χ4n) is 4.10. The highest BCUT2D eigenvalue weighted by molar-refractivity contribution is 5.58. The molecule has 1 aliphatic rings. The minimum absolute atomic E-state index is 0.0480. The Hall–Kier alpha value is -2.46. The summed E-state index contributed by atoms with van der Waals surface area (Å²) >= 11 is 0. The molecule has 0 spiro atoms. The number of aliphatic hydroxyl groups is 1. The third kappa shape index (κ3) is 2.67. The van der Waals surface area contributed by atoms with Crippen molar-refractivity contribution in [3.05, 3.63) is 108 Å². The van der Waals surface area contributed by atoms with Crippen LogP contribution in [0.4, 0.5) is 0 Å². The van der Waals surface area contributed by atoms with E-state index in [0.717, 1.165) is 0 Å². The Bertz CT molecular complexity index is 766. The van der Waals surface area contributed by atoms with Crippen LogP contribution >= 0.6 is 0 Å². The third-order valence-corrected chi connectivity index (χ3v) is 5.14. The predicted molar refractivity (Wildman–Crippen MR) is 97.9 cm³/mol. The van der Waals surface area contributed by atoms with Crippen LogP contribution in [-0.4, -0.2) is 17.9 Å². The molecule has 3 nitrogen and oxygen atoms in total. The molecule has 4 rings (SSSR count). The van der Waals surface area contributed by atoms with E-state index in [1.54, 1.807) is 0 Å². The zero-order chi connectivity index (χ0) is 17.1. The molecule has 3 heteroatoms. The van der Waals surface area contributed by atoms with E-state index in [-0.39, 0.29) is 24.2 Å². The fraction of sp³-hybridized carbons (Fsp3) is 0.182. The Morgan fingerprint density at radius 3 is 1.72 bits per heavy atom. The van der Waals surface area contributed by atoms with Crippen molar-refractivity contribution >= 4 is 0 Å². The quantitative estimate of drug-likeness (QED) is 0.535. The van der Waals surface area contributed by atoms with Crippen molar-refractivity contribution in [2.45, 2.75) is 17.4 Å². The summed E-state index contributed by atoms with van der Waals surface area (Å²) in [6.45, 7) is -0.350. The number of aliphatic hydroxyl groups excluding tert-OH is 1. The minimum atomic E-state index is -0.350. The van der Waals surface area contributed by atoms with E-state index in [1.807, 2.05) is 18.2 Å². The van der Waals surface area contributed by atoms with Crippen molar-refractivity contribution in [3.63, 3.8) is 0 Å². The van der Waals surface area contributed by atoms with Gasteiger partial charge in [-0.25, -0.2) is 0 Å². The standard InChI is InChI=1S/C22H21NO2/c24-16-25-23-21-20(17-10-4-1-5-11-17)22(21,18-12-6-2-7-13-18)19-14-8-3-9-15-19/h1-15,20-21,23-24H,16H2. The Balaban J connectivity index is 1.86. The van der Waals surface area contributed by atoms with Gasteiger partial charge in [0.15, 0.2) is 6.79 Å². The summed E-state index contributed by atoms with van der Waals surface area (Å²) in [4.78, 5) is 5.21. The number of hydrogen-bond donors (Lipinski definition) is 2. The first-order chi connectivity index (χ1) is 12.4. The highest BCUT2D eigenvalue weighted by Crippen LogP contribution is 2.64. The normalized spacial score (nSPS) is 21.0. The summed E-state index contributed by atoms with van der Waals surface area (Å²) in [7, 11) is 0. The van der Waals surface area contributed by atoms with E-state index in [1.165, 1.54) is 16.7 Å². The average Bonchev–Trinajstić information content (AvgIpc) is 3.38. The van der Waals surface area contributed by atoms with Crippen LogP contribution in [0.1, 0.15) is 22.6 Å². The van der Waals surface area contributed by atoms with Gasteiger partial charge in [-0.05, 0) is 16.7 Å². The van der Waals surface area contributed by atoms with Crippen molar-refractivity contribution in [1.29, 1.82) is 0 Å². The second kappa shape index (κ2) is 6.81. The Morgan fingerprint density at radius 2 is 1.24 bits per heavy atom. The maximum Gasteiger partial charge on any atom is 0.163 e. The van der Waals surface area contributed by atoms with Gasteiger partial charge in [0.2, 0.25) is 0 Å². The lowest BCUT2D eigenvalue weighted by Crippen LogP contribution is -2.27.